The van der Waals surface area contributed by atoms with Crippen LogP contribution in [0.5, 0.6) is 28.7 Å². The molecule has 2 fully saturated rings. The highest BCUT2D eigenvalue weighted by Crippen LogP contribution is 2.55. The molecule has 1 aromatic heterocycles. The van der Waals surface area contributed by atoms with Crippen LogP contribution in [0.2, 0.25) is 0 Å². The number of pyridine rings is 1. The van der Waals surface area contributed by atoms with E-state index in [-0.39, 0.29) is 63.9 Å². The van der Waals surface area contributed by atoms with Gasteiger partial charge in [0.1, 0.15) is 34.6 Å². The van der Waals surface area contributed by atoms with Gasteiger partial charge < -0.3 is 79.9 Å². The third-order valence-corrected chi connectivity index (χ3v) is 15.6. The highest BCUT2D eigenvalue weighted by atomic mass is 19.1. The largest absolute Gasteiger partial charge is 0.507 e. The van der Waals surface area contributed by atoms with Crippen LogP contribution >= 0.6 is 0 Å². The van der Waals surface area contributed by atoms with E-state index < -0.39 is 152 Å². The topological polar surface area (TPSA) is 352 Å². The number of carboxylic acid groups (broad SMARTS) is 2. The number of aliphatic hydroxyl groups excluding tert-OH is 2. The van der Waals surface area contributed by atoms with Crippen molar-refractivity contribution in [3.05, 3.63) is 86.7 Å². The lowest BCUT2D eigenvalue weighted by Gasteiger charge is -2.39. The molecule has 1 aliphatic carbocycles. The number of hydrogen-bond acceptors (Lipinski definition) is 20. The van der Waals surface area contributed by atoms with Crippen LogP contribution in [0.4, 0.5) is 15.8 Å². The first-order valence-corrected chi connectivity index (χ1v) is 26.0. The maximum absolute atomic E-state index is 16.4. The van der Waals surface area contributed by atoms with Crippen LogP contribution in [-0.2, 0) is 28.6 Å². The number of aromatic carboxylic acids is 1. The Balaban J connectivity index is 1.24. The minimum atomic E-state index is -2.25. The number of aromatic nitrogens is 1. The number of phenols is 3. The number of allylic oxidation sites excluding steroid dienone is 2. The molecule has 1 saturated heterocycles. The number of phenolic OH excluding ortho intramolecular Hbond substituents is 3. The van der Waals surface area contributed by atoms with Crippen molar-refractivity contribution in [1.29, 1.82) is 0 Å². The summed E-state index contributed by atoms with van der Waals surface area (Å²) in [5.74, 6) is -14.0. The van der Waals surface area contributed by atoms with E-state index in [1.165, 1.54) is 64.3 Å². The maximum atomic E-state index is 16.4. The first-order valence-electron chi connectivity index (χ1n) is 26.0. The van der Waals surface area contributed by atoms with Gasteiger partial charge in [-0.15, -0.1) is 0 Å². The standard InChI is InChI=1S/C56H65FN6O18/c1-23-11-10-12-24(2)53(72)60-40-31(20-59-63-17-16-61(22-34(63)55(75)76)42-33(57)19-30-41(51(42)78-9)62(29-13-14-29)21-32(46(30)68)54(73)74)47(69)36-37(48(40)70)44(66)27(5)49-38(36)52(71)56(7,81-49)79-18-15-35(77-8)25(3)50(80-28(6)64)39(58)45(67)26(4)43(23)65/h10-12,15,18-21,23,25-26,29,34-35,39,43,45,50,65-67,69-70H,13-14,16-17,22,58H2,1-9H3,(H,60,72)(H,73,74)(H,75,76)/b11-10+,18-15+,24-12-,59-20+/t23-,25+,26+,34?,35-,39+,43-,45+,50+,56-/m0/s1. The van der Waals surface area contributed by atoms with Gasteiger partial charge in [0, 0.05) is 74.0 Å². The number of rotatable bonds is 9. The zero-order valence-electron chi connectivity index (χ0n) is 45.8. The van der Waals surface area contributed by atoms with E-state index in [1.807, 2.05) is 0 Å². The number of benzene rings is 3. The molecular formula is C56H65FN6O18. The highest BCUT2D eigenvalue weighted by Gasteiger charge is 2.50. The monoisotopic (exact) mass is 1130 g/mol. The second kappa shape index (κ2) is 22.7. The summed E-state index contributed by atoms with van der Waals surface area (Å²) >= 11 is 0. The van der Waals surface area contributed by atoms with E-state index in [0.717, 1.165) is 30.5 Å². The molecule has 25 heteroatoms. The number of anilines is 2. The van der Waals surface area contributed by atoms with E-state index in [1.54, 1.807) is 31.4 Å². The van der Waals surface area contributed by atoms with Gasteiger partial charge >= 0.3 is 23.7 Å². The Hall–Kier alpha value is -8.26. The van der Waals surface area contributed by atoms with Gasteiger partial charge in [-0.1, -0.05) is 39.0 Å². The summed E-state index contributed by atoms with van der Waals surface area (Å²) in [6, 6.07) is -2.19. The molecule has 0 radical (unpaired) electrons. The SMILES string of the molecule is COc1c(N2CCN(/N=C/c3c4c(O)c5c(O)c(C)c6c(c5c3O)C(=O)[C@@](C)(O/C=C/[C@H](OC)[C@@H](C)[C@@H](OC(C)=O)[C@H](N)[C@H](O)[C@H](C)[C@@H](O)[C@@H](C)/C=C/C=C(/C)C(=O)N4)O6)C(C(=O)O)C2)c(F)cc2c(=O)c(C(=O)O)cn(C3CC3)c12. The molecule has 3 aromatic carbocycles. The van der Waals surface area contributed by atoms with Crippen molar-refractivity contribution in [2.45, 2.75) is 110 Å². The molecule has 1 unspecified atom stereocenters. The number of ether oxygens (including phenoxy) is 5. The van der Waals surface area contributed by atoms with Gasteiger partial charge in [-0.05, 0) is 38.8 Å². The van der Waals surface area contributed by atoms with Crippen LogP contribution < -0.4 is 30.9 Å². The molecule has 9 rings (SSSR count). The van der Waals surface area contributed by atoms with E-state index in [9.17, 15) is 64.5 Å². The number of hydrogen-bond donors (Lipinski definition) is 9. The summed E-state index contributed by atoms with van der Waals surface area (Å²) in [5, 5.41) is 86.8. The van der Waals surface area contributed by atoms with Gasteiger partial charge in [-0.25, -0.2) is 14.0 Å². The van der Waals surface area contributed by atoms with Crippen LogP contribution in [0.1, 0.15) is 92.3 Å². The fourth-order valence-electron chi connectivity index (χ4n) is 10.8. The van der Waals surface area contributed by atoms with Crippen LogP contribution in [0.25, 0.3) is 21.7 Å². The van der Waals surface area contributed by atoms with Crippen molar-refractivity contribution in [3.8, 4) is 28.7 Å². The van der Waals surface area contributed by atoms with Gasteiger partial charge in [0.15, 0.2) is 23.4 Å². The number of carboxylic acids is 2. The molecule has 5 bridgehead atoms. The Morgan fingerprint density at radius 3 is 2.27 bits per heavy atom. The van der Waals surface area contributed by atoms with Gasteiger partial charge in [0.2, 0.25) is 5.43 Å². The molecular weight excluding hydrogens is 1060 g/mol. The zero-order chi connectivity index (χ0) is 59.4. The average Bonchev–Trinajstić information content (AvgIpc) is 2.51. The smallest absolute Gasteiger partial charge is 0.341 e. The molecule has 0 spiro atoms. The number of amides is 1. The second-order valence-electron chi connectivity index (χ2n) is 21.0. The van der Waals surface area contributed by atoms with Gasteiger partial charge in [-0.2, -0.15) is 5.10 Å². The van der Waals surface area contributed by atoms with Crippen molar-refractivity contribution in [3.63, 3.8) is 0 Å². The Morgan fingerprint density at radius 2 is 1.65 bits per heavy atom. The van der Waals surface area contributed by atoms with Crippen molar-refractivity contribution >= 4 is 68.9 Å². The molecule has 1 amide bonds. The third-order valence-electron chi connectivity index (χ3n) is 15.6. The van der Waals surface area contributed by atoms with Crippen LogP contribution in [0, 0.1) is 30.5 Å². The van der Waals surface area contributed by atoms with Crippen molar-refractivity contribution in [2.24, 2.45) is 28.6 Å². The van der Waals surface area contributed by atoms with Crippen molar-refractivity contribution in [1.82, 2.24) is 9.58 Å². The van der Waals surface area contributed by atoms with Gasteiger partial charge in [0.25, 0.3) is 11.7 Å². The molecule has 4 aromatic rings. The average molecular weight is 1130 g/mol. The van der Waals surface area contributed by atoms with E-state index >= 15 is 4.39 Å². The minimum Gasteiger partial charge on any atom is -0.507 e. The Kier molecular flexibility index (Phi) is 16.5. The number of ketones is 1. The number of aliphatic carboxylic acids is 1. The number of nitrogens with two attached hydrogens (primary N) is 1. The normalized spacial score (nSPS) is 28.1. The zero-order valence-corrected chi connectivity index (χ0v) is 45.8. The number of aromatic hydroxyl groups is 3. The summed E-state index contributed by atoms with van der Waals surface area (Å²) in [5.41, 5.74) is 3.42. The summed E-state index contributed by atoms with van der Waals surface area (Å²) in [6.07, 6.45) is 5.31. The highest BCUT2D eigenvalue weighted by molar-refractivity contribution is 6.24. The fraction of sp³-hybridized carbons (Fsp3) is 0.446. The molecule has 4 aliphatic heterocycles. The number of carbonyl (C=O) groups is 5. The van der Waals surface area contributed by atoms with Crippen molar-refractivity contribution in [2.75, 3.05) is 44.1 Å². The van der Waals surface area contributed by atoms with Crippen LogP contribution in [-0.4, -0.2) is 157 Å². The summed E-state index contributed by atoms with van der Waals surface area (Å²) in [4.78, 5) is 81.3. The number of esters is 1. The molecule has 434 valence electrons. The number of nitrogens with zero attached hydrogens (tertiary/aromatic N) is 4. The first kappa shape index (κ1) is 58.9. The lowest BCUT2D eigenvalue weighted by molar-refractivity contribution is -0.156. The summed E-state index contributed by atoms with van der Waals surface area (Å²) in [6.45, 7) is 9.09. The fourth-order valence-corrected chi connectivity index (χ4v) is 10.8. The third kappa shape index (κ3) is 10.7. The first-order chi connectivity index (χ1) is 38.2. The van der Waals surface area contributed by atoms with E-state index in [2.05, 4.69) is 10.4 Å². The lowest BCUT2D eigenvalue weighted by atomic mass is 9.81. The molecule has 10 atom stereocenters. The van der Waals surface area contributed by atoms with Gasteiger partial charge in [0.05, 0.1) is 90.1 Å². The molecule has 5 heterocycles. The van der Waals surface area contributed by atoms with E-state index in [0.29, 0.717) is 12.8 Å². The number of aliphatic hydroxyl groups is 2. The molecule has 10 N–H and O–H groups in total. The minimum absolute atomic E-state index is 0.0148. The van der Waals surface area contributed by atoms with Gasteiger partial charge in [-0.3, -0.25) is 24.2 Å². The number of halogens is 1. The Morgan fingerprint density at radius 1 is 0.963 bits per heavy atom. The number of carbonyl (C=O) groups excluding carboxylic acids is 3. The number of methoxy groups -OCH3 is 2. The quantitative estimate of drug-likeness (QED) is 0.0480. The molecule has 24 nitrogen and oxygen atoms in total. The maximum Gasteiger partial charge on any atom is 0.341 e. The predicted octanol–water partition coefficient (Wildman–Crippen LogP) is 4.55. The van der Waals surface area contributed by atoms with E-state index in [4.69, 9.17) is 29.4 Å². The number of piperazine rings is 1. The second-order valence-corrected chi connectivity index (χ2v) is 21.0. The molecule has 1 saturated carbocycles. The number of nitrogens with one attached hydrogen (secondary N) is 1. The molecule has 5 aliphatic rings. The number of hydrazone groups is 1. The molecule has 81 heavy (non-hydrogen) atoms. The summed E-state index contributed by atoms with van der Waals surface area (Å²) < 4.78 is 47.2. The predicted molar refractivity (Wildman–Crippen MR) is 291 cm³/mol. The Bertz CT molecular complexity index is 3450. The summed E-state index contributed by atoms with van der Waals surface area (Å²) in [7, 11) is 2.57. The van der Waals surface area contributed by atoms with Crippen LogP contribution in [0.15, 0.2) is 58.3 Å². The Labute approximate surface area is 462 Å². The number of Topliss-reactive ketones (excluding diaryl/α,β-unsaturated/α-hetero) is 1. The lowest BCUT2D eigenvalue weighted by Crippen LogP contribution is -2.55. The number of fused-ring (bicyclic) bond motifs is 15. The van der Waals surface area contributed by atoms with Crippen molar-refractivity contribution < 1.29 is 87.8 Å². The van der Waals surface area contributed by atoms with Crippen LogP contribution in [0.3, 0.4) is 0 Å².